The maximum absolute atomic E-state index is 8.15. The van der Waals surface area contributed by atoms with Gasteiger partial charge in [-0.05, 0) is 17.7 Å². The van der Waals surface area contributed by atoms with E-state index in [2.05, 4.69) is 15.0 Å². The van der Waals surface area contributed by atoms with Gasteiger partial charge >= 0.3 is 0 Å². The van der Waals surface area contributed by atoms with Crippen LogP contribution in [0.4, 0.5) is 0 Å². The summed E-state index contributed by atoms with van der Waals surface area (Å²) in [6, 6.07) is 9.71. The summed E-state index contributed by atoms with van der Waals surface area (Å²) in [5.74, 6) is 0. The summed E-state index contributed by atoms with van der Waals surface area (Å²) in [7, 11) is 0. The van der Waals surface area contributed by atoms with Gasteiger partial charge in [0.15, 0.2) is 0 Å². The van der Waals surface area contributed by atoms with Gasteiger partial charge in [-0.25, -0.2) is 4.98 Å². The molecule has 0 radical (unpaired) electrons. The molecule has 5 heteroatoms. The lowest BCUT2D eigenvalue weighted by Crippen LogP contribution is -1.84. The van der Waals surface area contributed by atoms with Gasteiger partial charge < -0.3 is 0 Å². The first-order valence-electron chi connectivity index (χ1n) is 5.04. The smallest absolute Gasteiger partial charge is 0.136 e. The van der Waals surface area contributed by atoms with Crippen LogP contribution in [0.5, 0.6) is 0 Å². The SMILES string of the molecule is [N-]=[N+]=NCC=Cc1cc2ccccc2nc1Cl. The molecule has 0 fully saturated rings. The highest BCUT2D eigenvalue weighted by Crippen LogP contribution is 2.21. The standard InChI is InChI=1S/C12H9ClN4/c13-12-10(5-3-7-15-17-14)8-9-4-1-2-6-11(9)16-12/h1-6,8H,7H2. The normalized spacial score (nSPS) is 10.6. The monoisotopic (exact) mass is 244 g/mol. The Hall–Kier alpha value is -2.03. The van der Waals surface area contributed by atoms with E-state index >= 15 is 0 Å². The number of aromatic nitrogens is 1. The Morgan fingerprint density at radius 2 is 2.24 bits per heavy atom. The van der Waals surface area contributed by atoms with Gasteiger partial charge in [0, 0.05) is 22.4 Å². The molecule has 0 aliphatic carbocycles. The molecule has 0 aliphatic heterocycles. The first kappa shape index (κ1) is 11.5. The van der Waals surface area contributed by atoms with Crippen molar-refractivity contribution in [2.24, 2.45) is 5.11 Å². The first-order valence-corrected chi connectivity index (χ1v) is 5.42. The van der Waals surface area contributed by atoms with E-state index in [0.29, 0.717) is 11.7 Å². The largest absolute Gasteiger partial charge is 0.235 e. The second kappa shape index (κ2) is 5.34. The number of azide groups is 1. The highest BCUT2D eigenvalue weighted by Gasteiger charge is 2.01. The molecule has 2 rings (SSSR count). The van der Waals surface area contributed by atoms with Crippen molar-refractivity contribution >= 4 is 28.6 Å². The Bertz CT molecular complexity index is 615. The number of hydrogen-bond acceptors (Lipinski definition) is 2. The van der Waals surface area contributed by atoms with E-state index in [0.717, 1.165) is 16.5 Å². The molecule has 0 saturated heterocycles. The predicted octanol–water partition coefficient (Wildman–Crippen LogP) is 4.21. The van der Waals surface area contributed by atoms with E-state index < -0.39 is 0 Å². The average Bonchev–Trinajstić information content (AvgIpc) is 2.35. The second-order valence-electron chi connectivity index (χ2n) is 3.38. The molecule has 0 amide bonds. The van der Waals surface area contributed by atoms with Crippen LogP contribution in [0, 0.1) is 0 Å². The molecule has 0 N–H and O–H groups in total. The zero-order valence-corrected chi connectivity index (χ0v) is 9.67. The molecule has 1 aromatic heterocycles. The third kappa shape index (κ3) is 2.75. The van der Waals surface area contributed by atoms with Crippen LogP contribution in [0.3, 0.4) is 0 Å². The molecule has 0 bridgehead atoms. The van der Waals surface area contributed by atoms with E-state index in [1.807, 2.05) is 30.3 Å². The van der Waals surface area contributed by atoms with E-state index in [1.165, 1.54) is 0 Å². The van der Waals surface area contributed by atoms with Crippen molar-refractivity contribution < 1.29 is 0 Å². The van der Waals surface area contributed by atoms with Crippen molar-refractivity contribution in [1.29, 1.82) is 0 Å². The van der Waals surface area contributed by atoms with Crippen LogP contribution in [0.1, 0.15) is 5.56 Å². The number of fused-ring (bicyclic) bond motifs is 1. The Morgan fingerprint density at radius 1 is 1.41 bits per heavy atom. The van der Waals surface area contributed by atoms with Crippen molar-refractivity contribution in [3.05, 3.63) is 57.6 Å². The third-order valence-electron chi connectivity index (χ3n) is 2.25. The summed E-state index contributed by atoms with van der Waals surface area (Å²) in [6.07, 6.45) is 3.55. The van der Waals surface area contributed by atoms with Crippen LogP contribution in [0.25, 0.3) is 27.4 Å². The highest BCUT2D eigenvalue weighted by molar-refractivity contribution is 6.31. The van der Waals surface area contributed by atoms with Gasteiger partial charge in [0.25, 0.3) is 0 Å². The molecule has 1 heterocycles. The molecular formula is C12H9ClN4. The van der Waals surface area contributed by atoms with Crippen LogP contribution < -0.4 is 0 Å². The second-order valence-corrected chi connectivity index (χ2v) is 3.73. The Kier molecular flexibility index (Phi) is 3.60. The summed E-state index contributed by atoms with van der Waals surface area (Å²) >= 11 is 6.05. The van der Waals surface area contributed by atoms with E-state index in [4.69, 9.17) is 17.1 Å². The van der Waals surface area contributed by atoms with Gasteiger partial charge in [-0.2, -0.15) is 0 Å². The minimum Gasteiger partial charge on any atom is -0.235 e. The van der Waals surface area contributed by atoms with E-state index in [-0.39, 0.29) is 0 Å². The summed E-state index contributed by atoms with van der Waals surface area (Å²) in [6.45, 7) is 0.305. The lowest BCUT2D eigenvalue weighted by atomic mass is 10.1. The average molecular weight is 245 g/mol. The molecule has 0 atom stereocenters. The van der Waals surface area contributed by atoms with Crippen molar-refractivity contribution in [3.63, 3.8) is 0 Å². The molecule has 0 unspecified atom stereocenters. The molecule has 84 valence electrons. The quantitative estimate of drug-likeness (QED) is 0.345. The van der Waals surface area contributed by atoms with Crippen LogP contribution in [-0.2, 0) is 0 Å². The third-order valence-corrected chi connectivity index (χ3v) is 2.56. The minimum absolute atomic E-state index is 0.305. The topological polar surface area (TPSA) is 61.7 Å². The molecule has 0 spiro atoms. The maximum Gasteiger partial charge on any atom is 0.136 e. The number of hydrogen-bond donors (Lipinski definition) is 0. The number of benzene rings is 1. The van der Waals surface area contributed by atoms with Crippen molar-refractivity contribution in [3.8, 4) is 0 Å². The van der Waals surface area contributed by atoms with Crippen LogP contribution >= 0.6 is 11.6 Å². The van der Waals surface area contributed by atoms with Crippen molar-refractivity contribution in [2.45, 2.75) is 0 Å². The molecule has 1 aromatic carbocycles. The molecule has 0 aliphatic rings. The first-order chi connectivity index (χ1) is 8.31. The highest BCUT2D eigenvalue weighted by atomic mass is 35.5. The van der Waals surface area contributed by atoms with Gasteiger partial charge in [-0.3, -0.25) is 0 Å². The van der Waals surface area contributed by atoms with E-state index in [1.54, 1.807) is 12.2 Å². The Morgan fingerprint density at radius 3 is 3.06 bits per heavy atom. The molecule has 0 saturated carbocycles. The fraction of sp³-hybridized carbons (Fsp3) is 0.0833. The molecular weight excluding hydrogens is 236 g/mol. The molecule has 4 nitrogen and oxygen atoms in total. The fourth-order valence-electron chi connectivity index (χ4n) is 1.49. The lowest BCUT2D eigenvalue weighted by molar-refractivity contribution is 1.22. The maximum atomic E-state index is 8.15. The van der Waals surface area contributed by atoms with Crippen LogP contribution in [0.15, 0.2) is 41.5 Å². The van der Waals surface area contributed by atoms with E-state index in [9.17, 15) is 0 Å². The summed E-state index contributed by atoms with van der Waals surface area (Å²) in [5.41, 5.74) is 9.83. The van der Waals surface area contributed by atoms with Gasteiger partial charge in [-0.15, -0.1) is 0 Å². The molecule has 2 aromatic rings. The summed E-state index contributed by atoms with van der Waals surface area (Å²) in [5, 5.41) is 4.88. The van der Waals surface area contributed by atoms with Gasteiger partial charge in [-0.1, -0.05) is 47.1 Å². The summed E-state index contributed by atoms with van der Waals surface area (Å²) < 4.78 is 0. The zero-order valence-electron chi connectivity index (χ0n) is 8.92. The lowest BCUT2D eigenvalue weighted by Gasteiger charge is -2.01. The predicted molar refractivity (Wildman–Crippen MR) is 69.8 cm³/mol. The fourth-order valence-corrected chi connectivity index (χ4v) is 1.70. The van der Waals surface area contributed by atoms with Crippen LogP contribution in [-0.4, -0.2) is 11.5 Å². The van der Waals surface area contributed by atoms with Gasteiger partial charge in [0.05, 0.1) is 5.52 Å². The number of halogens is 1. The Balaban J connectivity index is 2.37. The number of rotatable bonds is 3. The Labute approximate surface area is 103 Å². The summed E-state index contributed by atoms with van der Waals surface area (Å²) in [4.78, 5) is 6.95. The van der Waals surface area contributed by atoms with Crippen molar-refractivity contribution in [1.82, 2.24) is 4.98 Å². The van der Waals surface area contributed by atoms with Gasteiger partial charge in [0.1, 0.15) is 5.15 Å². The number of pyridine rings is 1. The van der Waals surface area contributed by atoms with Crippen LogP contribution in [0.2, 0.25) is 5.15 Å². The molecule has 17 heavy (non-hydrogen) atoms. The minimum atomic E-state index is 0.305. The zero-order chi connectivity index (χ0) is 12.1. The van der Waals surface area contributed by atoms with Crippen molar-refractivity contribution in [2.75, 3.05) is 6.54 Å². The number of para-hydroxylation sites is 1. The van der Waals surface area contributed by atoms with Gasteiger partial charge in [0.2, 0.25) is 0 Å². The number of nitrogens with zero attached hydrogens (tertiary/aromatic N) is 4.